The highest BCUT2D eigenvalue weighted by molar-refractivity contribution is 9.10. The molecule has 0 unspecified atom stereocenters. The molecule has 3 aromatic rings. The van der Waals surface area contributed by atoms with Gasteiger partial charge >= 0.3 is 10.8 Å². The van der Waals surface area contributed by atoms with Crippen LogP contribution in [0.5, 0.6) is 11.6 Å². The Morgan fingerprint density at radius 2 is 2.04 bits per heavy atom. The van der Waals surface area contributed by atoms with Crippen LogP contribution in [-0.4, -0.2) is 27.4 Å². The number of hydrogen-bond donors (Lipinski definition) is 2. The topological polar surface area (TPSA) is 88.8 Å². The van der Waals surface area contributed by atoms with E-state index in [2.05, 4.69) is 15.9 Å². The monoisotopic (exact) mass is 483 g/mol. The van der Waals surface area contributed by atoms with Crippen molar-refractivity contribution in [3.05, 3.63) is 77.6 Å². The highest BCUT2D eigenvalue weighted by Crippen LogP contribution is 2.30. The zero-order valence-corrected chi connectivity index (χ0v) is 17.6. The van der Waals surface area contributed by atoms with Crippen LogP contribution in [0.2, 0.25) is 5.02 Å². The first-order chi connectivity index (χ1) is 13.3. The lowest BCUT2D eigenvalue weighted by Gasteiger charge is -2.10. The second kappa shape index (κ2) is 8.81. The van der Waals surface area contributed by atoms with Crippen molar-refractivity contribution >= 4 is 44.8 Å². The molecule has 0 radical (unpaired) electrons. The van der Waals surface area contributed by atoms with Crippen molar-refractivity contribution in [2.75, 3.05) is 6.61 Å². The molecule has 6 nitrogen and oxygen atoms in total. The van der Waals surface area contributed by atoms with E-state index in [1.54, 1.807) is 36.4 Å². The molecule has 146 valence electrons. The van der Waals surface area contributed by atoms with Crippen LogP contribution in [-0.2, 0) is 17.8 Å². The molecule has 0 spiro atoms. The van der Waals surface area contributed by atoms with Crippen molar-refractivity contribution in [2.45, 2.75) is 13.0 Å². The predicted octanol–water partition coefficient (Wildman–Crippen LogP) is 4.13. The number of aromatic hydroxyl groups is 1. The maximum atomic E-state index is 12.4. The van der Waals surface area contributed by atoms with Crippen molar-refractivity contribution in [2.24, 2.45) is 0 Å². The summed E-state index contributed by atoms with van der Waals surface area (Å²) in [5, 5.41) is 20.0. The number of carboxylic acids is 1. The number of aromatic nitrogens is 1. The Labute approximate surface area is 177 Å². The van der Waals surface area contributed by atoms with Gasteiger partial charge in [0.15, 0.2) is 6.61 Å². The van der Waals surface area contributed by atoms with Gasteiger partial charge in [-0.2, -0.15) is 0 Å². The summed E-state index contributed by atoms with van der Waals surface area (Å²) in [4.78, 5) is 23.3. The van der Waals surface area contributed by atoms with Gasteiger partial charge in [-0.15, -0.1) is 0 Å². The second-order valence-electron chi connectivity index (χ2n) is 5.94. The Hall–Kier alpha value is -2.29. The molecule has 0 fully saturated rings. The van der Waals surface area contributed by atoms with Crippen molar-refractivity contribution in [1.29, 1.82) is 0 Å². The number of aliphatic carboxylic acids is 1. The van der Waals surface area contributed by atoms with Crippen LogP contribution in [0.25, 0.3) is 0 Å². The van der Waals surface area contributed by atoms with E-state index in [-0.39, 0.29) is 23.7 Å². The molecular weight excluding hydrogens is 470 g/mol. The lowest BCUT2D eigenvalue weighted by atomic mass is 10.1. The molecule has 0 aliphatic carbocycles. The predicted molar refractivity (Wildman–Crippen MR) is 111 cm³/mol. The average molecular weight is 485 g/mol. The Bertz CT molecular complexity index is 1080. The fourth-order valence-electron chi connectivity index (χ4n) is 2.66. The number of hydrogen-bond acceptors (Lipinski definition) is 5. The van der Waals surface area contributed by atoms with Gasteiger partial charge in [-0.05, 0) is 35.9 Å². The molecule has 0 saturated carbocycles. The van der Waals surface area contributed by atoms with E-state index in [1.165, 1.54) is 4.57 Å². The van der Waals surface area contributed by atoms with Crippen LogP contribution >= 0.6 is 38.9 Å². The van der Waals surface area contributed by atoms with E-state index >= 15 is 0 Å². The zero-order valence-electron chi connectivity index (χ0n) is 14.4. The molecule has 28 heavy (non-hydrogen) atoms. The molecule has 1 aromatic heterocycles. The van der Waals surface area contributed by atoms with E-state index in [4.69, 9.17) is 21.4 Å². The van der Waals surface area contributed by atoms with E-state index in [9.17, 15) is 14.7 Å². The van der Waals surface area contributed by atoms with E-state index in [0.717, 1.165) is 21.4 Å². The highest BCUT2D eigenvalue weighted by atomic mass is 79.9. The van der Waals surface area contributed by atoms with Crippen molar-refractivity contribution < 1.29 is 19.7 Å². The van der Waals surface area contributed by atoms with Gasteiger partial charge in [0.1, 0.15) is 5.75 Å². The molecule has 0 atom stereocenters. The average Bonchev–Trinajstić information content (AvgIpc) is 2.88. The first-order valence-corrected chi connectivity index (χ1v) is 10.1. The number of carboxylic acid groups (broad SMARTS) is 1. The summed E-state index contributed by atoms with van der Waals surface area (Å²) in [6.07, 6.45) is 0.225. The van der Waals surface area contributed by atoms with Gasteiger partial charge < -0.3 is 14.9 Å². The SMILES string of the molecule is O=C(O)COc1ccc(Br)cc1Cc1sc(=O)n(Cc2cccc(Cl)c2)c1O. The third kappa shape index (κ3) is 4.95. The van der Waals surface area contributed by atoms with Gasteiger partial charge in [-0.25, -0.2) is 4.79 Å². The summed E-state index contributed by atoms with van der Waals surface area (Å²) in [5.74, 6) is -0.833. The molecule has 0 aliphatic heterocycles. The number of halogens is 2. The van der Waals surface area contributed by atoms with Crippen LogP contribution < -0.4 is 9.61 Å². The van der Waals surface area contributed by atoms with Crippen LogP contribution in [0.4, 0.5) is 0 Å². The smallest absolute Gasteiger partial charge is 0.341 e. The van der Waals surface area contributed by atoms with Gasteiger partial charge in [0.25, 0.3) is 0 Å². The molecule has 0 aliphatic rings. The molecule has 0 bridgehead atoms. The number of ether oxygens (including phenoxy) is 1. The standard InChI is InChI=1S/C19H15BrClNO5S/c20-13-4-5-15(27-10-17(23)24)12(7-13)8-16-18(25)22(19(26)28-16)9-11-2-1-3-14(21)6-11/h1-7,25H,8-10H2,(H,23,24). The minimum atomic E-state index is -1.09. The van der Waals surface area contributed by atoms with E-state index in [0.29, 0.717) is 21.2 Å². The molecule has 0 saturated heterocycles. The third-order valence-electron chi connectivity index (χ3n) is 3.89. The van der Waals surface area contributed by atoms with Gasteiger partial charge in [0.05, 0.1) is 11.4 Å². The molecule has 2 N–H and O–H groups in total. The molecular formula is C19H15BrClNO5S. The van der Waals surface area contributed by atoms with Gasteiger partial charge in [0, 0.05) is 21.5 Å². The van der Waals surface area contributed by atoms with Crippen LogP contribution in [0.3, 0.4) is 0 Å². The lowest BCUT2D eigenvalue weighted by Crippen LogP contribution is -2.13. The fourth-order valence-corrected chi connectivity index (χ4v) is 4.18. The van der Waals surface area contributed by atoms with E-state index < -0.39 is 12.6 Å². The van der Waals surface area contributed by atoms with Crippen molar-refractivity contribution in [3.8, 4) is 11.6 Å². The van der Waals surface area contributed by atoms with Crippen LogP contribution in [0.1, 0.15) is 16.0 Å². The first kappa shape index (κ1) is 20.4. The number of benzene rings is 2. The lowest BCUT2D eigenvalue weighted by molar-refractivity contribution is -0.139. The Morgan fingerprint density at radius 3 is 2.75 bits per heavy atom. The summed E-state index contributed by atoms with van der Waals surface area (Å²) < 4.78 is 7.37. The highest BCUT2D eigenvalue weighted by Gasteiger charge is 2.17. The number of carbonyl (C=O) groups is 1. The fraction of sp³-hybridized carbons (Fsp3) is 0.158. The van der Waals surface area contributed by atoms with Gasteiger partial charge in [0.2, 0.25) is 5.88 Å². The van der Waals surface area contributed by atoms with Crippen LogP contribution in [0, 0.1) is 0 Å². The maximum absolute atomic E-state index is 12.4. The molecule has 9 heteroatoms. The molecule has 3 rings (SSSR count). The van der Waals surface area contributed by atoms with Gasteiger partial charge in [-0.1, -0.05) is 51.0 Å². The number of nitrogens with zero attached hydrogens (tertiary/aromatic N) is 1. The zero-order chi connectivity index (χ0) is 20.3. The summed E-state index contributed by atoms with van der Waals surface area (Å²) in [7, 11) is 0. The number of thiazole rings is 1. The normalized spacial score (nSPS) is 10.8. The first-order valence-electron chi connectivity index (χ1n) is 8.12. The summed E-state index contributed by atoms with van der Waals surface area (Å²) in [6.45, 7) is -0.283. The van der Waals surface area contributed by atoms with Crippen molar-refractivity contribution in [1.82, 2.24) is 4.57 Å². The second-order valence-corrected chi connectivity index (χ2v) is 8.34. The van der Waals surface area contributed by atoms with Gasteiger partial charge in [-0.3, -0.25) is 9.36 Å². The molecule has 0 amide bonds. The largest absolute Gasteiger partial charge is 0.494 e. The Morgan fingerprint density at radius 1 is 1.25 bits per heavy atom. The summed E-state index contributed by atoms with van der Waals surface area (Å²) in [5.41, 5.74) is 1.45. The Kier molecular flexibility index (Phi) is 6.43. The Balaban J connectivity index is 1.89. The minimum absolute atomic E-state index is 0.126. The summed E-state index contributed by atoms with van der Waals surface area (Å²) in [6, 6.07) is 12.2. The molecule has 2 aromatic carbocycles. The quantitative estimate of drug-likeness (QED) is 0.526. The maximum Gasteiger partial charge on any atom is 0.341 e. The third-order valence-corrected chi connectivity index (χ3v) is 5.59. The summed E-state index contributed by atoms with van der Waals surface area (Å²) >= 11 is 10.3. The van der Waals surface area contributed by atoms with Crippen molar-refractivity contribution in [3.63, 3.8) is 0 Å². The van der Waals surface area contributed by atoms with Crippen LogP contribution in [0.15, 0.2) is 51.7 Å². The molecule has 1 heterocycles. The number of rotatable bonds is 7. The minimum Gasteiger partial charge on any atom is -0.494 e. The van der Waals surface area contributed by atoms with E-state index in [1.807, 2.05) is 6.07 Å².